The van der Waals surface area contributed by atoms with Crippen LogP contribution in [-0.2, 0) is 16.6 Å². The van der Waals surface area contributed by atoms with Crippen LogP contribution in [0.2, 0.25) is 5.02 Å². The molecule has 4 aromatic rings. The fraction of sp³-hybridized carbons (Fsp3) is 0.269. The van der Waals surface area contributed by atoms with E-state index in [2.05, 4.69) is 4.98 Å². The highest BCUT2D eigenvalue weighted by Gasteiger charge is 2.27. The van der Waals surface area contributed by atoms with Crippen LogP contribution in [0.4, 0.5) is 5.13 Å². The molecular weight excluding hydrogens is 532 g/mol. The first-order valence-electron chi connectivity index (χ1n) is 11.8. The van der Waals surface area contributed by atoms with Gasteiger partial charge in [0, 0.05) is 31.0 Å². The summed E-state index contributed by atoms with van der Waals surface area (Å²) in [6.45, 7) is 1.26. The Bertz CT molecular complexity index is 1520. The number of hydrogen-bond acceptors (Lipinski definition) is 7. The van der Waals surface area contributed by atoms with E-state index >= 15 is 0 Å². The number of ether oxygens (including phenoxy) is 1. The SMILES string of the molecule is COc1ccc(Cl)c2sc(N(Cc3cccnc3)C(=O)c3ccc(S(=O)(=O)N4CCCCC4)cc3)nc12. The molecule has 1 amide bonds. The van der Waals surface area contributed by atoms with Gasteiger partial charge < -0.3 is 4.74 Å². The average Bonchev–Trinajstić information content (AvgIpc) is 3.39. The molecule has 1 aliphatic heterocycles. The van der Waals surface area contributed by atoms with E-state index in [-0.39, 0.29) is 17.3 Å². The van der Waals surface area contributed by atoms with Gasteiger partial charge in [0.2, 0.25) is 10.0 Å². The monoisotopic (exact) mass is 556 g/mol. The molecule has 3 heterocycles. The first-order valence-corrected chi connectivity index (χ1v) is 14.5. The number of carbonyl (C=O) groups excluding carboxylic acids is 1. The van der Waals surface area contributed by atoms with Crippen LogP contribution >= 0.6 is 22.9 Å². The summed E-state index contributed by atoms with van der Waals surface area (Å²) < 4.78 is 33.8. The van der Waals surface area contributed by atoms with Gasteiger partial charge in [0.15, 0.2) is 5.13 Å². The van der Waals surface area contributed by atoms with E-state index in [0.717, 1.165) is 24.8 Å². The summed E-state index contributed by atoms with van der Waals surface area (Å²) in [6.07, 6.45) is 6.11. The van der Waals surface area contributed by atoms with Crippen LogP contribution in [0, 0.1) is 0 Å². The van der Waals surface area contributed by atoms with Crippen LogP contribution in [0.5, 0.6) is 5.75 Å². The number of methoxy groups -OCH3 is 1. The Hall–Kier alpha value is -3.05. The zero-order valence-corrected chi connectivity index (χ0v) is 22.5. The van der Waals surface area contributed by atoms with Gasteiger partial charge in [-0.2, -0.15) is 4.31 Å². The van der Waals surface area contributed by atoms with E-state index in [1.807, 2.05) is 6.07 Å². The van der Waals surface area contributed by atoms with Crippen molar-refractivity contribution in [3.8, 4) is 5.75 Å². The Labute approximate surface area is 224 Å². The number of benzene rings is 2. The maximum Gasteiger partial charge on any atom is 0.260 e. The fourth-order valence-electron chi connectivity index (χ4n) is 4.30. The van der Waals surface area contributed by atoms with Gasteiger partial charge in [-0.25, -0.2) is 13.4 Å². The minimum atomic E-state index is -3.59. The molecule has 192 valence electrons. The number of piperidine rings is 1. The van der Waals surface area contributed by atoms with Gasteiger partial charge in [-0.3, -0.25) is 14.7 Å². The van der Waals surface area contributed by atoms with E-state index in [4.69, 9.17) is 21.3 Å². The lowest BCUT2D eigenvalue weighted by Crippen LogP contribution is -2.35. The van der Waals surface area contributed by atoms with Crippen molar-refractivity contribution in [1.29, 1.82) is 0 Å². The third-order valence-corrected chi connectivity index (χ3v) is 9.71. The molecule has 2 aromatic heterocycles. The third kappa shape index (κ3) is 5.19. The van der Waals surface area contributed by atoms with Crippen molar-refractivity contribution in [2.45, 2.75) is 30.7 Å². The summed E-state index contributed by atoms with van der Waals surface area (Å²) in [5.74, 6) is 0.239. The highest BCUT2D eigenvalue weighted by Crippen LogP contribution is 2.39. The minimum Gasteiger partial charge on any atom is -0.494 e. The largest absolute Gasteiger partial charge is 0.494 e. The molecule has 0 N–H and O–H groups in total. The van der Waals surface area contributed by atoms with Crippen molar-refractivity contribution in [2.24, 2.45) is 0 Å². The molecule has 0 spiro atoms. The smallest absolute Gasteiger partial charge is 0.260 e. The second-order valence-corrected chi connectivity index (χ2v) is 12.0. The lowest BCUT2D eigenvalue weighted by molar-refractivity contribution is 0.0985. The van der Waals surface area contributed by atoms with Gasteiger partial charge in [0.25, 0.3) is 5.91 Å². The summed E-state index contributed by atoms with van der Waals surface area (Å²) in [4.78, 5) is 24.4. The van der Waals surface area contributed by atoms with Gasteiger partial charge in [0.05, 0.1) is 28.3 Å². The first-order chi connectivity index (χ1) is 17.9. The Morgan fingerprint density at radius 3 is 2.54 bits per heavy atom. The third-order valence-electron chi connectivity index (χ3n) is 6.26. The number of anilines is 1. The molecule has 0 saturated carbocycles. The Morgan fingerprint density at radius 2 is 1.86 bits per heavy atom. The number of thiazole rings is 1. The highest BCUT2D eigenvalue weighted by molar-refractivity contribution is 7.89. The van der Waals surface area contributed by atoms with Crippen LogP contribution in [0.15, 0.2) is 65.8 Å². The van der Waals surface area contributed by atoms with E-state index in [1.54, 1.807) is 54.7 Å². The Kier molecular flexibility index (Phi) is 7.43. The van der Waals surface area contributed by atoms with Crippen LogP contribution in [-0.4, -0.2) is 48.8 Å². The molecule has 0 bridgehead atoms. The maximum atomic E-state index is 13.8. The van der Waals surface area contributed by atoms with Crippen molar-refractivity contribution in [2.75, 3.05) is 25.1 Å². The van der Waals surface area contributed by atoms with Crippen LogP contribution in [0.1, 0.15) is 35.2 Å². The fourth-order valence-corrected chi connectivity index (χ4v) is 7.07. The zero-order chi connectivity index (χ0) is 26.0. The second-order valence-electron chi connectivity index (χ2n) is 8.67. The Morgan fingerprint density at radius 1 is 1.11 bits per heavy atom. The number of sulfonamides is 1. The van der Waals surface area contributed by atoms with Crippen molar-refractivity contribution in [3.05, 3.63) is 77.1 Å². The van der Waals surface area contributed by atoms with Gasteiger partial charge in [-0.15, -0.1) is 0 Å². The molecule has 0 atom stereocenters. The standard InChI is InChI=1S/C26H25ClN4O4S2/c1-35-22-12-11-21(27)24-23(22)29-26(36-24)31(17-18-6-5-13-28-16-18)25(32)19-7-9-20(10-8-19)37(33,34)30-14-3-2-4-15-30/h5-13,16H,2-4,14-15,17H2,1H3. The molecule has 1 fully saturated rings. The van der Waals surface area contributed by atoms with Gasteiger partial charge >= 0.3 is 0 Å². The van der Waals surface area contributed by atoms with Gasteiger partial charge in [0.1, 0.15) is 11.3 Å². The van der Waals surface area contributed by atoms with E-state index in [1.165, 1.54) is 27.8 Å². The van der Waals surface area contributed by atoms with Crippen molar-refractivity contribution < 1.29 is 17.9 Å². The molecular formula is C26H25ClN4O4S2. The second kappa shape index (κ2) is 10.7. The quantitative estimate of drug-likeness (QED) is 0.304. The molecule has 1 aliphatic rings. The normalized spacial score (nSPS) is 14.5. The van der Waals surface area contributed by atoms with E-state index in [0.29, 0.717) is 44.8 Å². The molecule has 0 radical (unpaired) electrons. The summed E-state index contributed by atoms with van der Waals surface area (Å²) >= 11 is 7.71. The number of nitrogens with zero attached hydrogens (tertiary/aromatic N) is 4. The summed E-state index contributed by atoms with van der Waals surface area (Å²) in [6, 6.07) is 13.3. The van der Waals surface area contributed by atoms with Crippen molar-refractivity contribution >= 4 is 54.2 Å². The predicted molar refractivity (Wildman–Crippen MR) is 145 cm³/mol. The predicted octanol–water partition coefficient (Wildman–Crippen LogP) is 5.37. The zero-order valence-electron chi connectivity index (χ0n) is 20.1. The summed E-state index contributed by atoms with van der Waals surface area (Å²) in [7, 11) is -2.04. The minimum absolute atomic E-state index is 0.182. The molecule has 5 rings (SSSR count). The summed E-state index contributed by atoms with van der Waals surface area (Å²) in [5, 5.41) is 0.959. The molecule has 0 unspecified atom stereocenters. The number of rotatable bonds is 7. The topological polar surface area (TPSA) is 92.7 Å². The molecule has 1 saturated heterocycles. The number of pyridine rings is 1. The van der Waals surface area contributed by atoms with Crippen LogP contribution in [0.25, 0.3) is 10.2 Å². The molecule has 11 heteroatoms. The first kappa shape index (κ1) is 25.6. The highest BCUT2D eigenvalue weighted by atomic mass is 35.5. The maximum absolute atomic E-state index is 13.8. The van der Waals surface area contributed by atoms with Gasteiger partial charge in [-0.1, -0.05) is 35.4 Å². The number of amides is 1. The number of fused-ring (bicyclic) bond motifs is 1. The molecule has 37 heavy (non-hydrogen) atoms. The van der Waals surface area contributed by atoms with E-state index in [9.17, 15) is 13.2 Å². The number of aromatic nitrogens is 2. The number of carbonyl (C=O) groups is 1. The lowest BCUT2D eigenvalue weighted by atomic mass is 10.2. The van der Waals surface area contributed by atoms with Crippen molar-refractivity contribution in [3.63, 3.8) is 0 Å². The van der Waals surface area contributed by atoms with Gasteiger partial charge in [-0.05, 0) is 60.9 Å². The lowest BCUT2D eigenvalue weighted by Gasteiger charge is -2.26. The average molecular weight is 557 g/mol. The van der Waals surface area contributed by atoms with Crippen LogP contribution < -0.4 is 9.64 Å². The van der Waals surface area contributed by atoms with E-state index < -0.39 is 10.0 Å². The van der Waals surface area contributed by atoms with Crippen molar-refractivity contribution in [1.82, 2.24) is 14.3 Å². The molecule has 2 aromatic carbocycles. The van der Waals surface area contributed by atoms with Crippen LogP contribution in [0.3, 0.4) is 0 Å². The molecule has 0 aliphatic carbocycles. The number of halogens is 1. The number of hydrogen-bond donors (Lipinski definition) is 0. The molecule has 8 nitrogen and oxygen atoms in total. The summed E-state index contributed by atoms with van der Waals surface area (Å²) in [5.41, 5.74) is 1.73. The Balaban J connectivity index is 1.50.